The van der Waals surface area contributed by atoms with Crippen molar-refractivity contribution < 1.29 is 9.59 Å². The molecule has 1 N–H and O–H groups in total. The summed E-state index contributed by atoms with van der Waals surface area (Å²) in [5.41, 5.74) is 3.30. The standard InChI is InChI=1S/C14H13N3O2/c1-16-13(18)12-6-9-8-4-2-3-5-10(8)15-11(9)7-17(12)14(16)19/h2-5,12,15H,6-7H2,1H3. The second-order valence-corrected chi connectivity index (χ2v) is 5.16. The molecule has 3 heterocycles. The van der Waals surface area contributed by atoms with Crippen LogP contribution in [0, 0.1) is 0 Å². The zero-order chi connectivity index (χ0) is 13.1. The lowest BCUT2D eigenvalue weighted by Crippen LogP contribution is -2.39. The average Bonchev–Trinajstić information content (AvgIpc) is 2.89. The lowest BCUT2D eigenvalue weighted by atomic mass is 9.97. The van der Waals surface area contributed by atoms with Crippen molar-refractivity contribution >= 4 is 22.8 Å². The highest BCUT2D eigenvalue weighted by Crippen LogP contribution is 2.33. The van der Waals surface area contributed by atoms with Crippen LogP contribution in [-0.2, 0) is 17.8 Å². The fourth-order valence-corrected chi connectivity index (χ4v) is 3.14. The molecule has 0 aliphatic carbocycles. The number of aromatic nitrogens is 1. The van der Waals surface area contributed by atoms with E-state index in [9.17, 15) is 9.59 Å². The van der Waals surface area contributed by atoms with Gasteiger partial charge in [0.05, 0.1) is 6.54 Å². The molecule has 2 aliphatic rings. The number of nitrogens with one attached hydrogen (secondary N) is 1. The molecule has 3 amide bonds. The molecule has 1 aromatic heterocycles. The fourth-order valence-electron chi connectivity index (χ4n) is 3.14. The van der Waals surface area contributed by atoms with Crippen LogP contribution in [0.25, 0.3) is 10.9 Å². The van der Waals surface area contributed by atoms with Gasteiger partial charge in [-0.15, -0.1) is 0 Å². The van der Waals surface area contributed by atoms with Crippen molar-refractivity contribution in [2.75, 3.05) is 7.05 Å². The zero-order valence-electron chi connectivity index (χ0n) is 10.5. The van der Waals surface area contributed by atoms with Gasteiger partial charge in [0, 0.05) is 30.1 Å². The molecule has 5 nitrogen and oxygen atoms in total. The van der Waals surface area contributed by atoms with Gasteiger partial charge in [0.15, 0.2) is 0 Å². The number of urea groups is 1. The summed E-state index contributed by atoms with van der Waals surface area (Å²) in [7, 11) is 1.55. The fraction of sp³-hybridized carbons (Fsp3) is 0.286. The Labute approximate surface area is 109 Å². The quantitative estimate of drug-likeness (QED) is 0.725. The van der Waals surface area contributed by atoms with E-state index in [2.05, 4.69) is 11.1 Å². The van der Waals surface area contributed by atoms with E-state index < -0.39 is 0 Å². The summed E-state index contributed by atoms with van der Waals surface area (Å²) in [5, 5.41) is 1.16. The van der Waals surface area contributed by atoms with E-state index in [1.165, 1.54) is 10.5 Å². The number of rotatable bonds is 0. The molecule has 0 saturated carbocycles. The normalized spacial score (nSPS) is 22.1. The number of benzene rings is 1. The van der Waals surface area contributed by atoms with E-state index in [1.54, 1.807) is 11.9 Å². The first-order chi connectivity index (χ1) is 9.16. The molecule has 1 unspecified atom stereocenters. The van der Waals surface area contributed by atoms with Gasteiger partial charge in [-0.2, -0.15) is 0 Å². The second kappa shape index (κ2) is 3.38. The summed E-state index contributed by atoms with van der Waals surface area (Å²) in [6, 6.07) is 7.54. The van der Waals surface area contributed by atoms with Crippen LogP contribution in [0.1, 0.15) is 11.3 Å². The molecule has 96 valence electrons. The maximum absolute atomic E-state index is 12.1. The van der Waals surface area contributed by atoms with Gasteiger partial charge in [-0.25, -0.2) is 4.79 Å². The Morgan fingerprint density at radius 3 is 2.89 bits per heavy atom. The molecular weight excluding hydrogens is 242 g/mol. The van der Waals surface area contributed by atoms with Crippen LogP contribution >= 0.6 is 0 Å². The molecule has 4 rings (SSSR count). The minimum atomic E-state index is -0.329. The van der Waals surface area contributed by atoms with Crippen LogP contribution in [0.4, 0.5) is 4.79 Å². The zero-order valence-corrected chi connectivity index (χ0v) is 10.5. The van der Waals surface area contributed by atoms with Crippen molar-refractivity contribution in [1.82, 2.24) is 14.8 Å². The average molecular weight is 255 g/mol. The predicted molar refractivity (Wildman–Crippen MR) is 69.5 cm³/mol. The highest BCUT2D eigenvalue weighted by atomic mass is 16.2. The van der Waals surface area contributed by atoms with Crippen molar-refractivity contribution in [2.24, 2.45) is 0 Å². The van der Waals surface area contributed by atoms with Crippen molar-refractivity contribution in [3.63, 3.8) is 0 Å². The predicted octanol–water partition coefficient (Wildman–Crippen LogP) is 1.49. The third-order valence-electron chi connectivity index (χ3n) is 4.15. The second-order valence-electron chi connectivity index (χ2n) is 5.16. The summed E-state index contributed by atoms with van der Waals surface area (Å²) >= 11 is 0. The Bertz CT molecular complexity index is 719. The van der Waals surface area contributed by atoms with Crippen LogP contribution in [0.2, 0.25) is 0 Å². The first kappa shape index (κ1) is 10.6. The third-order valence-corrected chi connectivity index (χ3v) is 4.15. The van der Waals surface area contributed by atoms with Gasteiger partial charge in [0.1, 0.15) is 6.04 Å². The van der Waals surface area contributed by atoms with E-state index in [1.807, 2.05) is 18.2 Å². The molecule has 2 aromatic rings. The molecule has 5 heteroatoms. The Morgan fingerprint density at radius 1 is 1.26 bits per heavy atom. The van der Waals surface area contributed by atoms with Crippen LogP contribution in [-0.4, -0.2) is 39.8 Å². The topological polar surface area (TPSA) is 56.4 Å². The summed E-state index contributed by atoms with van der Waals surface area (Å²) < 4.78 is 0. The van der Waals surface area contributed by atoms with E-state index >= 15 is 0 Å². The highest BCUT2D eigenvalue weighted by molar-refractivity contribution is 6.04. The first-order valence-corrected chi connectivity index (χ1v) is 6.33. The minimum absolute atomic E-state index is 0.0964. The van der Waals surface area contributed by atoms with Crippen LogP contribution in [0.3, 0.4) is 0 Å². The molecule has 1 atom stereocenters. The largest absolute Gasteiger partial charge is 0.357 e. The van der Waals surface area contributed by atoms with Crippen LogP contribution in [0.15, 0.2) is 24.3 Å². The smallest absolute Gasteiger partial charge is 0.327 e. The Balaban J connectivity index is 1.87. The monoisotopic (exact) mass is 255 g/mol. The number of carbonyl (C=O) groups is 2. The Morgan fingerprint density at radius 2 is 2.05 bits per heavy atom. The number of nitrogens with zero attached hydrogens (tertiary/aromatic N) is 2. The lowest BCUT2D eigenvalue weighted by Gasteiger charge is -2.26. The van der Waals surface area contributed by atoms with Crippen LogP contribution < -0.4 is 0 Å². The van der Waals surface area contributed by atoms with E-state index in [0.29, 0.717) is 13.0 Å². The molecule has 1 saturated heterocycles. The van der Waals surface area contributed by atoms with Crippen LogP contribution in [0.5, 0.6) is 0 Å². The van der Waals surface area contributed by atoms with Gasteiger partial charge < -0.3 is 9.88 Å². The van der Waals surface area contributed by atoms with Crippen molar-refractivity contribution in [3.8, 4) is 0 Å². The maximum Gasteiger partial charge on any atom is 0.327 e. The molecule has 1 fully saturated rings. The number of imide groups is 1. The number of H-pyrrole nitrogens is 1. The summed E-state index contributed by atoms with van der Waals surface area (Å²) in [6.45, 7) is 0.490. The van der Waals surface area contributed by atoms with Crippen molar-refractivity contribution in [3.05, 3.63) is 35.5 Å². The molecule has 19 heavy (non-hydrogen) atoms. The number of amides is 3. The first-order valence-electron chi connectivity index (χ1n) is 6.33. The minimum Gasteiger partial charge on any atom is -0.357 e. The number of likely N-dealkylation sites (N-methyl/N-ethyl adjacent to an activating group) is 1. The van der Waals surface area contributed by atoms with E-state index in [4.69, 9.17) is 0 Å². The van der Waals surface area contributed by atoms with Gasteiger partial charge in [-0.3, -0.25) is 9.69 Å². The number of hydrogen-bond acceptors (Lipinski definition) is 2. The number of hydrogen-bond donors (Lipinski definition) is 1. The highest BCUT2D eigenvalue weighted by Gasteiger charge is 2.46. The number of fused-ring (bicyclic) bond motifs is 4. The van der Waals surface area contributed by atoms with Crippen molar-refractivity contribution in [2.45, 2.75) is 19.0 Å². The van der Waals surface area contributed by atoms with Crippen molar-refractivity contribution in [1.29, 1.82) is 0 Å². The molecule has 0 spiro atoms. The van der Waals surface area contributed by atoms with Gasteiger partial charge in [-0.1, -0.05) is 18.2 Å². The SMILES string of the molecule is CN1C(=O)C2Cc3c([nH]c4ccccc34)CN2C1=O. The Kier molecular flexibility index (Phi) is 1.88. The summed E-state index contributed by atoms with van der Waals surface area (Å²) in [6.07, 6.45) is 0.605. The van der Waals surface area contributed by atoms with Gasteiger partial charge in [-0.05, 0) is 11.6 Å². The maximum atomic E-state index is 12.1. The third kappa shape index (κ3) is 1.24. The molecule has 0 bridgehead atoms. The summed E-state index contributed by atoms with van der Waals surface area (Å²) in [5.74, 6) is -0.0964. The van der Waals surface area contributed by atoms with E-state index in [-0.39, 0.29) is 18.0 Å². The molecule has 2 aliphatic heterocycles. The Hall–Kier alpha value is -2.30. The number of para-hydroxylation sites is 1. The van der Waals surface area contributed by atoms with Gasteiger partial charge >= 0.3 is 6.03 Å². The van der Waals surface area contributed by atoms with Gasteiger partial charge in [0.2, 0.25) is 0 Å². The number of aromatic amines is 1. The molecule has 1 aromatic carbocycles. The van der Waals surface area contributed by atoms with E-state index in [0.717, 1.165) is 16.6 Å². The van der Waals surface area contributed by atoms with Gasteiger partial charge in [0.25, 0.3) is 5.91 Å². The number of carbonyl (C=O) groups excluding carboxylic acids is 2. The lowest BCUT2D eigenvalue weighted by molar-refractivity contribution is -0.127. The molecular formula is C14H13N3O2. The molecule has 0 radical (unpaired) electrons. The summed E-state index contributed by atoms with van der Waals surface area (Å²) in [4.78, 5) is 30.3.